The minimum Gasteiger partial charge on any atom is -0.473 e. The lowest BCUT2D eigenvalue weighted by Crippen LogP contribution is -2.29. The maximum atomic E-state index is 6.12. The Morgan fingerprint density at radius 2 is 2.06 bits per heavy atom. The summed E-state index contributed by atoms with van der Waals surface area (Å²) < 4.78 is 7.99. The minimum atomic E-state index is 0.292. The highest BCUT2D eigenvalue weighted by Gasteiger charge is 2.27. The van der Waals surface area contributed by atoms with E-state index in [1.54, 1.807) is 0 Å². The van der Waals surface area contributed by atoms with Crippen molar-refractivity contribution in [3.8, 4) is 5.88 Å². The van der Waals surface area contributed by atoms with Crippen LogP contribution >= 0.6 is 0 Å². The van der Waals surface area contributed by atoms with Crippen LogP contribution in [-0.4, -0.2) is 15.9 Å². The van der Waals surface area contributed by atoms with Gasteiger partial charge in [0.25, 0.3) is 0 Å². The van der Waals surface area contributed by atoms with E-state index in [0.717, 1.165) is 42.8 Å². The Labute approximate surface area is 110 Å². The number of hydrogen-bond acceptors (Lipinski definition) is 3. The van der Waals surface area contributed by atoms with E-state index in [4.69, 9.17) is 10.5 Å². The number of nitrogen functional groups attached to an aromatic ring is 1. The number of aryl methyl sites for hydroxylation is 2. The molecule has 4 nitrogen and oxygen atoms in total. The molecule has 3 unspecified atom stereocenters. The molecule has 1 aromatic heterocycles. The Hall–Kier alpha value is -1.19. The number of aromatic nitrogens is 2. The van der Waals surface area contributed by atoms with E-state index in [0.29, 0.717) is 11.8 Å². The zero-order chi connectivity index (χ0) is 13.3. The lowest BCUT2D eigenvalue weighted by molar-refractivity contribution is 0.0922. The smallest absolute Gasteiger partial charge is 0.236 e. The van der Waals surface area contributed by atoms with E-state index in [1.165, 1.54) is 6.42 Å². The first-order chi connectivity index (χ1) is 8.52. The summed E-state index contributed by atoms with van der Waals surface area (Å²) in [6, 6.07) is 0. The summed E-state index contributed by atoms with van der Waals surface area (Å²) in [7, 11) is 0. The fourth-order valence-electron chi connectivity index (χ4n) is 2.68. The van der Waals surface area contributed by atoms with Crippen molar-refractivity contribution < 1.29 is 4.74 Å². The second-order valence-corrected chi connectivity index (χ2v) is 5.63. The highest BCUT2D eigenvalue weighted by atomic mass is 16.5. The predicted molar refractivity (Wildman–Crippen MR) is 73.6 cm³/mol. The molecular formula is C14H25N3O. The fourth-order valence-corrected chi connectivity index (χ4v) is 2.68. The molecule has 2 N–H and O–H groups in total. The van der Waals surface area contributed by atoms with Gasteiger partial charge in [-0.3, -0.25) is 0 Å². The van der Waals surface area contributed by atoms with Gasteiger partial charge in [0.15, 0.2) is 0 Å². The van der Waals surface area contributed by atoms with E-state index in [2.05, 4.69) is 25.9 Å². The molecule has 2 rings (SSSR count). The third-order valence-corrected chi connectivity index (χ3v) is 4.25. The molecule has 0 aliphatic heterocycles. The highest BCUT2D eigenvalue weighted by molar-refractivity contribution is 5.52. The van der Waals surface area contributed by atoms with Crippen LogP contribution < -0.4 is 10.5 Å². The van der Waals surface area contributed by atoms with E-state index in [9.17, 15) is 0 Å². The minimum absolute atomic E-state index is 0.292. The van der Waals surface area contributed by atoms with Crippen molar-refractivity contribution in [3.63, 3.8) is 0 Å². The summed E-state index contributed by atoms with van der Waals surface area (Å²) in [4.78, 5) is 0. The van der Waals surface area contributed by atoms with Crippen LogP contribution in [0.4, 0.5) is 5.69 Å². The third kappa shape index (κ3) is 2.47. The molecule has 4 heteroatoms. The molecule has 102 valence electrons. The quantitative estimate of drug-likeness (QED) is 0.898. The number of rotatable bonds is 3. The number of ether oxygens (including phenoxy) is 1. The monoisotopic (exact) mass is 251 g/mol. The van der Waals surface area contributed by atoms with Gasteiger partial charge in [0.1, 0.15) is 11.8 Å². The first-order valence-electron chi connectivity index (χ1n) is 7.02. The third-order valence-electron chi connectivity index (χ3n) is 4.25. The van der Waals surface area contributed by atoms with Gasteiger partial charge in [-0.25, -0.2) is 4.68 Å². The topological polar surface area (TPSA) is 53.1 Å². The fraction of sp³-hybridized carbons (Fsp3) is 0.786. The van der Waals surface area contributed by atoms with Gasteiger partial charge in [0.05, 0.1) is 5.69 Å². The first-order valence-corrected chi connectivity index (χ1v) is 7.02. The van der Waals surface area contributed by atoms with Crippen molar-refractivity contribution in [1.29, 1.82) is 0 Å². The standard InChI is InChI=1S/C14H25N3O/c1-5-17-14(13(15)11(4)16-17)18-12-7-6-9(2)10(3)8-12/h9-10,12H,5-8,15H2,1-4H3. The summed E-state index contributed by atoms with van der Waals surface area (Å²) in [6.45, 7) is 9.43. The molecular weight excluding hydrogens is 226 g/mol. The van der Waals surface area contributed by atoms with Gasteiger partial charge in [0, 0.05) is 6.54 Å². The summed E-state index contributed by atoms with van der Waals surface area (Å²) in [5.41, 5.74) is 7.61. The molecule has 0 bridgehead atoms. The summed E-state index contributed by atoms with van der Waals surface area (Å²) >= 11 is 0. The average Bonchev–Trinajstić information content (AvgIpc) is 2.61. The SMILES string of the molecule is CCn1nc(C)c(N)c1OC1CCC(C)C(C)C1. The zero-order valence-corrected chi connectivity index (χ0v) is 11.9. The second-order valence-electron chi connectivity index (χ2n) is 5.63. The van der Waals surface area contributed by atoms with Gasteiger partial charge in [-0.15, -0.1) is 0 Å². The van der Waals surface area contributed by atoms with Crippen molar-refractivity contribution in [2.24, 2.45) is 11.8 Å². The van der Waals surface area contributed by atoms with Crippen molar-refractivity contribution in [2.45, 2.75) is 59.6 Å². The van der Waals surface area contributed by atoms with Crippen LogP contribution in [0.1, 0.15) is 45.7 Å². The normalized spacial score (nSPS) is 28.3. The highest BCUT2D eigenvalue weighted by Crippen LogP contribution is 2.34. The van der Waals surface area contributed by atoms with Crippen LogP contribution in [0.5, 0.6) is 5.88 Å². The Morgan fingerprint density at radius 3 is 2.67 bits per heavy atom. The van der Waals surface area contributed by atoms with Gasteiger partial charge in [-0.2, -0.15) is 5.10 Å². The van der Waals surface area contributed by atoms with Gasteiger partial charge in [-0.1, -0.05) is 13.8 Å². The molecule has 0 spiro atoms. The summed E-state index contributed by atoms with van der Waals surface area (Å²) in [5.74, 6) is 2.30. The van der Waals surface area contributed by atoms with Crippen LogP contribution in [-0.2, 0) is 6.54 Å². The number of nitrogens with zero attached hydrogens (tertiary/aromatic N) is 2. The van der Waals surface area contributed by atoms with Crippen LogP contribution in [0.2, 0.25) is 0 Å². The molecule has 1 aliphatic carbocycles. The Kier molecular flexibility index (Phi) is 3.83. The molecule has 0 aromatic carbocycles. The van der Waals surface area contributed by atoms with Gasteiger partial charge >= 0.3 is 0 Å². The van der Waals surface area contributed by atoms with Gasteiger partial charge < -0.3 is 10.5 Å². The van der Waals surface area contributed by atoms with Crippen LogP contribution in [0.15, 0.2) is 0 Å². The largest absolute Gasteiger partial charge is 0.473 e. The molecule has 0 radical (unpaired) electrons. The van der Waals surface area contributed by atoms with Crippen molar-refractivity contribution in [1.82, 2.24) is 9.78 Å². The van der Waals surface area contributed by atoms with Gasteiger partial charge in [-0.05, 0) is 44.9 Å². The molecule has 1 heterocycles. The first kappa shape index (κ1) is 13.2. The summed E-state index contributed by atoms with van der Waals surface area (Å²) in [6.07, 6.45) is 3.78. The Bertz CT molecular complexity index is 413. The summed E-state index contributed by atoms with van der Waals surface area (Å²) in [5, 5.41) is 4.39. The molecule has 1 fully saturated rings. The molecule has 18 heavy (non-hydrogen) atoms. The predicted octanol–water partition coefficient (Wildman–Crippen LogP) is 3.00. The van der Waals surface area contributed by atoms with E-state index < -0.39 is 0 Å². The zero-order valence-electron chi connectivity index (χ0n) is 11.9. The Morgan fingerprint density at radius 1 is 1.33 bits per heavy atom. The van der Waals surface area contributed by atoms with Crippen molar-refractivity contribution in [3.05, 3.63) is 5.69 Å². The van der Waals surface area contributed by atoms with Crippen molar-refractivity contribution >= 4 is 5.69 Å². The van der Waals surface area contributed by atoms with Crippen LogP contribution in [0.3, 0.4) is 0 Å². The lowest BCUT2D eigenvalue weighted by Gasteiger charge is -2.32. The average molecular weight is 251 g/mol. The number of anilines is 1. The van der Waals surface area contributed by atoms with Crippen molar-refractivity contribution in [2.75, 3.05) is 5.73 Å². The Balaban J connectivity index is 2.10. The van der Waals surface area contributed by atoms with E-state index in [-0.39, 0.29) is 0 Å². The van der Waals surface area contributed by atoms with E-state index in [1.807, 2.05) is 11.6 Å². The van der Waals surface area contributed by atoms with Gasteiger partial charge in [0.2, 0.25) is 5.88 Å². The molecule has 1 saturated carbocycles. The molecule has 0 saturated heterocycles. The maximum absolute atomic E-state index is 6.12. The second kappa shape index (κ2) is 5.21. The lowest BCUT2D eigenvalue weighted by atomic mass is 9.80. The molecule has 1 aliphatic rings. The number of hydrogen-bond donors (Lipinski definition) is 1. The number of nitrogens with two attached hydrogens (primary N) is 1. The van der Waals surface area contributed by atoms with E-state index >= 15 is 0 Å². The van der Waals surface area contributed by atoms with Crippen LogP contribution in [0.25, 0.3) is 0 Å². The molecule has 3 atom stereocenters. The maximum Gasteiger partial charge on any atom is 0.236 e. The molecule has 1 aromatic rings. The molecule has 0 amide bonds. The van der Waals surface area contributed by atoms with Crippen LogP contribution in [0, 0.1) is 18.8 Å².